The van der Waals surface area contributed by atoms with Gasteiger partial charge in [-0.2, -0.15) is 0 Å². The lowest BCUT2D eigenvalue weighted by molar-refractivity contribution is 0.519. The molecule has 1 unspecified atom stereocenters. The maximum absolute atomic E-state index is 12.3. The highest BCUT2D eigenvalue weighted by Crippen LogP contribution is 2.33. The van der Waals surface area contributed by atoms with E-state index < -0.39 is 10.0 Å². The molecule has 0 aliphatic heterocycles. The zero-order chi connectivity index (χ0) is 14.0. The average Bonchev–Trinajstić information content (AvgIpc) is 3.20. The van der Waals surface area contributed by atoms with Crippen LogP contribution in [0.2, 0.25) is 0 Å². The van der Waals surface area contributed by atoms with Gasteiger partial charge in [0.1, 0.15) is 0 Å². The molecule has 1 aromatic rings. The fourth-order valence-electron chi connectivity index (χ4n) is 2.14. The lowest BCUT2D eigenvalue weighted by Gasteiger charge is -2.17. The van der Waals surface area contributed by atoms with Crippen LogP contribution in [-0.4, -0.2) is 21.0 Å². The third kappa shape index (κ3) is 3.55. The third-order valence-electron chi connectivity index (χ3n) is 3.59. The number of benzene rings is 1. The zero-order valence-corrected chi connectivity index (χ0v) is 12.3. The minimum atomic E-state index is -3.46. The molecule has 4 nitrogen and oxygen atoms in total. The number of sulfonamides is 1. The Hall–Kier alpha value is -0.910. The number of hydrogen-bond donors (Lipinski definition) is 2. The molecule has 0 bridgehead atoms. The van der Waals surface area contributed by atoms with Crippen LogP contribution >= 0.6 is 0 Å². The smallest absolute Gasteiger partial charge is 0.240 e. The summed E-state index contributed by atoms with van der Waals surface area (Å²) in [5, 5.41) is 0. The zero-order valence-electron chi connectivity index (χ0n) is 11.5. The van der Waals surface area contributed by atoms with Gasteiger partial charge in [-0.05, 0) is 42.4 Å². The topological polar surface area (TPSA) is 72.2 Å². The number of nitrogens with one attached hydrogen (secondary N) is 1. The van der Waals surface area contributed by atoms with E-state index in [-0.39, 0.29) is 6.04 Å². The largest absolute Gasteiger partial charge is 0.329 e. The maximum Gasteiger partial charge on any atom is 0.240 e. The highest BCUT2D eigenvalue weighted by Gasteiger charge is 2.33. The van der Waals surface area contributed by atoms with Crippen LogP contribution in [-0.2, 0) is 10.0 Å². The second-order valence-electron chi connectivity index (χ2n) is 5.53. The van der Waals surface area contributed by atoms with Gasteiger partial charge in [0.15, 0.2) is 0 Å². The minimum absolute atomic E-state index is 0.132. The third-order valence-corrected chi connectivity index (χ3v) is 5.07. The molecule has 1 aliphatic rings. The highest BCUT2D eigenvalue weighted by atomic mass is 32.2. The fraction of sp³-hybridized carbons (Fsp3) is 0.571. The predicted molar refractivity (Wildman–Crippen MR) is 76.4 cm³/mol. The minimum Gasteiger partial charge on any atom is -0.329 e. The average molecular weight is 282 g/mol. The van der Waals surface area contributed by atoms with Crippen molar-refractivity contribution in [2.24, 2.45) is 11.7 Å². The van der Waals surface area contributed by atoms with Crippen molar-refractivity contribution < 1.29 is 8.42 Å². The van der Waals surface area contributed by atoms with Crippen molar-refractivity contribution in [1.29, 1.82) is 0 Å². The van der Waals surface area contributed by atoms with Crippen molar-refractivity contribution in [2.75, 3.05) is 6.54 Å². The second kappa shape index (κ2) is 5.61. The van der Waals surface area contributed by atoms with Gasteiger partial charge in [0.05, 0.1) is 4.90 Å². The van der Waals surface area contributed by atoms with Gasteiger partial charge in [0, 0.05) is 12.6 Å². The van der Waals surface area contributed by atoms with Gasteiger partial charge >= 0.3 is 0 Å². The molecule has 1 aromatic carbocycles. The van der Waals surface area contributed by atoms with Crippen LogP contribution in [0.5, 0.6) is 0 Å². The molecule has 0 heterocycles. The van der Waals surface area contributed by atoms with E-state index in [4.69, 9.17) is 5.73 Å². The Morgan fingerprint density at radius 1 is 1.37 bits per heavy atom. The summed E-state index contributed by atoms with van der Waals surface area (Å²) in [5.41, 5.74) is 6.68. The van der Waals surface area contributed by atoms with Gasteiger partial charge in [-0.25, -0.2) is 13.1 Å². The van der Waals surface area contributed by atoms with Crippen molar-refractivity contribution in [3.8, 4) is 0 Å². The molecular formula is C14H22N2O2S. The molecule has 1 aliphatic carbocycles. The van der Waals surface area contributed by atoms with Gasteiger partial charge in [-0.1, -0.05) is 26.0 Å². The summed E-state index contributed by atoms with van der Waals surface area (Å²) in [5.74, 6) is 0.719. The van der Waals surface area contributed by atoms with Crippen LogP contribution in [0.4, 0.5) is 0 Å². The summed E-state index contributed by atoms with van der Waals surface area (Å²) in [4.78, 5) is 0.331. The van der Waals surface area contributed by atoms with E-state index in [0.717, 1.165) is 18.4 Å². The molecule has 0 saturated heterocycles. The van der Waals surface area contributed by atoms with Crippen molar-refractivity contribution in [3.63, 3.8) is 0 Å². The monoisotopic (exact) mass is 282 g/mol. The summed E-state index contributed by atoms with van der Waals surface area (Å²) in [7, 11) is -3.46. The van der Waals surface area contributed by atoms with Crippen LogP contribution < -0.4 is 10.5 Å². The van der Waals surface area contributed by atoms with Crippen molar-refractivity contribution in [1.82, 2.24) is 4.72 Å². The lowest BCUT2D eigenvalue weighted by Crippen LogP contribution is -2.41. The maximum atomic E-state index is 12.3. The highest BCUT2D eigenvalue weighted by molar-refractivity contribution is 7.89. The van der Waals surface area contributed by atoms with Crippen molar-refractivity contribution >= 4 is 10.0 Å². The molecule has 1 fully saturated rings. The molecule has 3 N–H and O–H groups in total. The molecule has 1 atom stereocenters. The summed E-state index contributed by atoms with van der Waals surface area (Å²) >= 11 is 0. The number of rotatable bonds is 6. The van der Waals surface area contributed by atoms with E-state index in [0.29, 0.717) is 23.3 Å². The first-order chi connectivity index (χ1) is 8.94. The van der Waals surface area contributed by atoms with Crippen LogP contribution in [0.15, 0.2) is 29.2 Å². The van der Waals surface area contributed by atoms with Crippen molar-refractivity contribution in [3.05, 3.63) is 29.8 Å². The van der Waals surface area contributed by atoms with E-state index in [1.807, 2.05) is 19.9 Å². The predicted octanol–water partition coefficient (Wildman–Crippen LogP) is 1.83. The number of hydrogen-bond acceptors (Lipinski definition) is 3. The quantitative estimate of drug-likeness (QED) is 0.836. The first-order valence-corrected chi connectivity index (χ1v) is 8.24. The molecule has 0 radical (unpaired) electrons. The van der Waals surface area contributed by atoms with Crippen LogP contribution in [0.1, 0.15) is 38.2 Å². The summed E-state index contributed by atoms with van der Waals surface area (Å²) in [6.07, 6.45) is 2.13. The molecular weight excluding hydrogens is 260 g/mol. The Kier molecular flexibility index (Phi) is 4.28. The SMILES string of the molecule is CC(C)c1cccc(S(=O)(=O)NC(CN)C2CC2)c1. The summed E-state index contributed by atoms with van der Waals surface area (Å²) in [6.45, 7) is 4.45. The molecule has 19 heavy (non-hydrogen) atoms. The van der Waals surface area contributed by atoms with E-state index in [2.05, 4.69) is 4.72 Å². The van der Waals surface area contributed by atoms with E-state index in [9.17, 15) is 8.42 Å². The summed E-state index contributed by atoms with van der Waals surface area (Å²) < 4.78 is 27.4. The summed E-state index contributed by atoms with van der Waals surface area (Å²) in [6, 6.07) is 6.98. The first kappa shape index (κ1) is 14.5. The Balaban J connectivity index is 2.20. The standard InChI is InChI=1S/C14H22N2O2S/c1-10(2)12-4-3-5-13(8-12)19(17,18)16-14(9-15)11-6-7-11/h3-5,8,10-11,14,16H,6-7,9,15H2,1-2H3. The molecule has 2 rings (SSSR count). The Morgan fingerprint density at radius 3 is 2.58 bits per heavy atom. The van der Waals surface area contributed by atoms with Gasteiger partial charge in [-0.3, -0.25) is 0 Å². The molecule has 106 valence electrons. The van der Waals surface area contributed by atoms with Gasteiger partial charge in [-0.15, -0.1) is 0 Å². The van der Waals surface area contributed by atoms with Gasteiger partial charge < -0.3 is 5.73 Å². The fourth-order valence-corrected chi connectivity index (χ4v) is 3.52. The molecule has 0 spiro atoms. The second-order valence-corrected chi connectivity index (χ2v) is 7.24. The molecule has 0 aromatic heterocycles. The normalized spacial score (nSPS) is 17.7. The molecule has 0 amide bonds. The molecule has 5 heteroatoms. The van der Waals surface area contributed by atoms with Crippen LogP contribution in [0, 0.1) is 5.92 Å². The molecule has 1 saturated carbocycles. The van der Waals surface area contributed by atoms with Crippen LogP contribution in [0.25, 0.3) is 0 Å². The van der Waals surface area contributed by atoms with Gasteiger partial charge in [0.2, 0.25) is 10.0 Å². The Labute approximate surface area is 115 Å². The van der Waals surface area contributed by atoms with E-state index in [1.54, 1.807) is 18.2 Å². The first-order valence-electron chi connectivity index (χ1n) is 6.76. The van der Waals surface area contributed by atoms with Crippen LogP contribution in [0.3, 0.4) is 0 Å². The Morgan fingerprint density at radius 2 is 2.05 bits per heavy atom. The van der Waals surface area contributed by atoms with Crippen molar-refractivity contribution in [2.45, 2.75) is 43.5 Å². The Bertz CT molecular complexity index is 536. The van der Waals surface area contributed by atoms with E-state index >= 15 is 0 Å². The number of nitrogens with two attached hydrogens (primary N) is 1. The van der Waals surface area contributed by atoms with E-state index in [1.165, 1.54) is 0 Å². The van der Waals surface area contributed by atoms with Gasteiger partial charge in [0.25, 0.3) is 0 Å². The lowest BCUT2D eigenvalue weighted by atomic mass is 10.0.